The van der Waals surface area contributed by atoms with Crippen LogP contribution in [0.5, 0.6) is 0 Å². The molecule has 1 aliphatic rings. The first kappa shape index (κ1) is 38.4. The zero-order valence-electron chi connectivity index (χ0n) is 31.1. The number of nitrogens with zero attached hydrogens (tertiary/aromatic N) is 1. The Labute approximate surface area is 306 Å². The van der Waals surface area contributed by atoms with Crippen molar-refractivity contribution in [1.29, 1.82) is 0 Å². The fraction of sp³-hybridized carbons (Fsp3) is 0.524. The first-order chi connectivity index (χ1) is 21.5. The minimum atomic E-state index is -1.25. The molecule has 47 heavy (non-hydrogen) atoms. The van der Waals surface area contributed by atoms with Crippen LogP contribution in [0.1, 0.15) is 106 Å². The molecule has 3 aromatic carbocycles. The number of benzene rings is 3. The van der Waals surface area contributed by atoms with Crippen molar-refractivity contribution in [2.24, 2.45) is 10.8 Å². The fourth-order valence-corrected chi connectivity index (χ4v) is 8.38. The van der Waals surface area contributed by atoms with Gasteiger partial charge in [-0.25, -0.2) is 0 Å². The van der Waals surface area contributed by atoms with Gasteiger partial charge in [-0.15, -0.1) is 11.6 Å². The summed E-state index contributed by atoms with van der Waals surface area (Å²) in [5, 5.41) is 14.7. The predicted octanol–water partition coefficient (Wildman–Crippen LogP) is 12.7. The molecule has 5 heteroatoms. The summed E-state index contributed by atoms with van der Waals surface area (Å²) in [6, 6.07) is 23.6. The third-order valence-corrected chi connectivity index (χ3v) is 10.9. The van der Waals surface area contributed by atoms with Crippen LogP contribution in [0.3, 0.4) is 0 Å². The Kier molecular flexibility index (Phi) is 10.9. The van der Waals surface area contributed by atoms with Gasteiger partial charge in [0.2, 0.25) is 0 Å². The molecule has 0 bridgehead atoms. The number of rotatable bonds is 4. The second kappa shape index (κ2) is 13.4. The van der Waals surface area contributed by atoms with Crippen LogP contribution in [-0.4, -0.2) is 20.7 Å². The molecule has 4 aromatic rings. The van der Waals surface area contributed by atoms with E-state index in [0.717, 1.165) is 39.4 Å². The zero-order chi connectivity index (χ0) is 35.4. The second-order valence-corrected chi connectivity index (χ2v) is 22.6. The third-order valence-electron chi connectivity index (χ3n) is 9.68. The molecular formula is C42H57Cl2HfNO. The van der Waals surface area contributed by atoms with Gasteiger partial charge in [0.05, 0.1) is 15.9 Å². The average molecular weight is 841 g/mol. The van der Waals surface area contributed by atoms with E-state index < -0.39 is 16.0 Å². The number of allylic oxidation sites excluding steroid dienone is 1. The number of hydrogen-bond acceptors (Lipinski definition) is 1. The van der Waals surface area contributed by atoms with Crippen molar-refractivity contribution >= 4 is 50.6 Å². The van der Waals surface area contributed by atoms with E-state index in [1.54, 1.807) is 0 Å². The van der Waals surface area contributed by atoms with Crippen LogP contribution in [-0.2, 0) is 38.7 Å². The number of halogens is 2. The van der Waals surface area contributed by atoms with Crippen molar-refractivity contribution < 1.29 is 28.0 Å². The summed E-state index contributed by atoms with van der Waals surface area (Å²) in [6.07, 6.45) is 2.38. The summed E-state index contributed by atoms with van der Waals surface area (Å²) < 4.78 is 6.84. The van der Waals surface area contributed by atoms with Crippen LogP contribution in [0.15, 0.2) is 72.8 Å². The summed E-state index contributed by atoms with van der Waals surface area (Å²) in [6.45, 7) is 24.8. The van der Waals surface area contributed by atoms with Crippen LogP contribution in [0.4, 0.5) is 0 Å². The molecular weight excluding hydrogens is 784 g/mol. The summed E-state index contributed by atoms with van der Waals surface area (Å²) in [7, 11) is 0. The maximum absolute atomic E-state index is 12.5. The fourth-order valence-electron chi connectivity index (χ4n) is 7.41. The molecule has 0 radical (unpaired) electrons. The molecule has 1 heterocycles. The number of alkyl halides is 2. The Morgan fingerprint density at radius 2 is 1.19 bits per heavy atom. The summed E-state index contributed by atoms with van der Waals surface area (Å²) in [4.78, 5) is -2.07. The van der Waals surface area contributed by atoms with Gasteiger partial charge in [0.15, 0.2) is 5.00 Å². The molecule has 0 saturated carbocycles. The number of aromatic nitrogens is 1. The number of hydrogen-bond donors (Lipinski definition) is 1. The first-order valence-corrected chi connectivity index (χ1v) is 25.0. The van der Waals surface area contributed by atoms with Crippen LogP contribution in [0, 0.1) is 10.8 Å². The predicted molar refractivity (Wildman–Crippen MR) is 204 cm³/mol. The van der Waals surface area contributed by atoms with Gasteiger partial charge in [0.1, 0.15) is 6.10 Å². The van der Waals surface area contributed by atoms with Gasteiger partial charge in [-0.3, -0.25) is 0 Å². The summed E-state index contributed by atoms with van der Waals surface area (Å²) in [5.74, 6) is 0. The van der Waals surface area contributed by atoms with E-state index in [9.17, 15) is 5.11 Å². The minimum absolute atomic E-state index is 0.0151. The van der Waals surface area contributed by atoms with E-state index in [4.69, 9.17) is 23.2 Å². The molecule has 1 aliphatic carbocycles. The Bertz CT molecular complexity index is 1680. The molecule has 0 saturated heterocycles. The summed E-state index contributed by atoms with van der Waals surface area (Å²) in [5.41, 5.74) is 5.95. The van der Waals surface area contributed by atoms with Crippen molar-refractivity contribution in [3.05, 3.63) is 89.5 Å². The van der Waals surface area contributed by atoms with E-state index in [0.29, 0.717) is 6.42 Å². The molecule has 3 atom stereocenters. The van der Waals surface area contributed by atoms with Gasteiger partial charge in [-0.1, -0.05) is 136 Å². The first-order valence-electron chi connectivity index (χ1n) is 17.0. The van der Waals surface area contributed by atoms with Crippen LogP contribution < -0.4 is 0 Å². The van der Waals surface area contributed by atoms with Gasteiger partial charge in [-0.2, -0.15) is 0 Å². The molecule has 0 fully saturated rings. The van der Waals surface area contributed by atoms with Crippen LogP contribution in [0.25, 0.3) is 27.4 Å². The van der Waals surface area contributed by atoms with Crippen molar-refractivity contribution in [1.82, 2.24) is 4.57 Å². The van der Waals surface area contributed by atoms with Gasteiger partial charge in [0, 0.05) is 17.2 Å². The molecule has 1 aromatic heterocycles. The van der Waals surface area contributed by atoms with Crippen molar-refractivity contribution in [2.75, 3.05) is 0 Å². The van der Waals surface area contributed by atoms with Gasteiger partial charge < -0.3 is 9.67 Å². The molecule has 3 unspecified atom stereocenters. The standard InChI is InChI=1S/C40H51Cl2NO.2CH3.Hf/c1-35(2,3)24-38(10,11)39(41)23-31(26-15-13-12-14-16-26)34(44)40(42,25-39)43-32-19-17-27(36(4,5)6)21-29(32)30-22-28(37(7,8)9)18-20-33(30)43;;;/h12-23,34,44H,24-25H2,1-11H3;2*1H3;. The Balaban J connectivity index is 0.00000160. The molecule has 2 nitrogen and oxygen atoms in total. The molecule has 0 spiro atoms. The third kappa shape index (κ3) is 7.69. The van der Waals surface area contributed by atoms with Crippen LogP contribution >= 0.6 is 23.2 Å². The van der Waals surface area contributed by atoms with E-state index >= 15 is 0 Å². The quantitative estimate of drug-likeness (QED) is 0.161. The Hall–Kier alpha value is -1.39. The molecule has 1 N–H and O–H groups in total. The van der Waals surface area contributed by atoms with Crippen molar-refractivity contribution in [3.63, 3.8) is 0 Å². The Morgan fingerprint density at radius 3 is 1.60 bits per heavy atom. The molecule has 0 amide bonds. The second-order valence-electron chi connectivity index (χ2n) is 17.6. The van der Waals surface area contributed by atoms with Crippen molar-refractivity contribution in [3.8, 4) is 0 Å². The SMILES string of the molecule is CC(C)(C)CC(C)(C)C1(Cl)C=C(c2ccccc2)C(O)C(Cl)(n2c3ccc(C(C)(C)C)cc3c3cc(C(C)(C)C)ccc32)C1.[CH3][Hf][CH3]. The van der Waals surface area contributed by atoms with Crippen molar-refractivity contribution in [2.45, 2.75) is 125 Å². The number of aliphatic hydroxyl groups excluding tert-OH is 1. The molecule has 254 valence electrons. The molecule has 0 aliphatic heterocycles. The van der Waals surface area contributed by atoms with Gasteiger partial charge in [-0.05, 0) is 74.6 Å². The number of aliphatic hydroxyl groups is 1. The van der Waals surface area contributed by atoms with E-state index in [1.165, 1.54) is 11.1 Å². The average Bonchev–Trinajstić information content (AvgIpc) is 3.27. The van der Waals surface area contributed by atoms with E-state index in [2.05, 4.69) is 133 Å². The summed E-state index contributed by atoms with van der Waals surface area (Å²) >= 11 is 16.0. The zero-order valence-corrected chi connectivity index (χ0v) is 36.2. The molecule has 5 rings (SSSR count). The maximum atomic E-state index is 12.5. The van der Waals surface area contributed by atoms with E-state index in [-0.39, 0.29) is 44.6 Å². The Morgan fingerprint density at radius 1 is 0.745 bits per heavy atom. The monoisotopic (exact) mass is 841 g/mol. The normalized spacial score (nSPS) is 22.6. The van der Waals surface area contributed by atoms with Crippen LogP contribution in [0.2, 0.25) is 9.36 Å². The van der Waals surface area contributed by atoms with Gasteiger partial charge >= 0.3 is 32.3 Å². The topological polar surface area (TPSA) is 25.2 Å². The number of fused-ring (bicyclic) bond motifs is 3. The van der Waals surface area contributed by atoms with Gasteiger partial charge in [0.25, 0.3) is 0 Å². The van der Waals surface area contributed by atoms with E-state index in [1.807, 2.05) is 30.3 Å².